The monoisotopic (exact) mass is 287 g/mol. The molecule has 1 rings (SSSR count). The molecule has 0 saturated heterocycles. The number of carboxylic acid groups (broad SMARTS) is 1. The number of benzene rings is 1. The average Bonchev–Trinajstić information content (AvgIpc) is 2.46. The Morgan fingerprint density at radius 2 is 1.71 bits per heavy atom. The highest BCUT2D eigenvalue weighted by molar-refractivity contribution is 5.92. The van der Waals surface area contributed by atoms with Gasteiger partial charge in [0.05, 0.1) is 0 Å². The first-order valence-corrected chi connectivity index (χ1v) is 6.90. The molecule has 2 N–H and O–H groups in total. The Labute approximate surface area is 125 Å². The van der Waals surface area contributed by atoms with Gasteiger partial charge in [-0.2, -0.15) is 0 Å². The molecule has 4 nitrogen and oxygen atoms in total. The van der Waals surface area contributed by atoms with E-state index in [0.29, 0.717) is 24.9 Å². The number of nitrogens with one attached hydrogen (secondary N) is 1. The van der Waals surface area contributed by atoms with Gasteiger partial charge in [0.25, 0.3) is 0 Å². The van der Waals surface area contributed by atoms with Crippen LogP contribution in [0.1, 0.15) is 24.8 Å². The van der Waals surface area contributed by atoms with E-state index in [1.54, 1.807) is 24.3 Å². The average molecular weight is 287 g/mol. The van der Waals surface area contributed by atoms with Gasteiger partial charge in [0.1, 0.15) is 0 Å². The SMILES string of the molecule is C=CCC(CC=C)C(=O)Nc1ccc(CCC(=O)O)cc1. The number of aryl methyl sites for hydroxylation is 1. The van der Waals surface area contributed by atoms with Crippen LogP contribution in [0.5, 0.6) is 0 Å². The summed E-state index contributed by atoms with van der Waals surface area (Å²) in [6, 6.07) is 7.23. The fraction of sp³-hybridized carbons (Fsp3) is 0.294. The molecule has 1 aromatic carbocycles. The molecule has 0 heterocycles. The minimum Gasteiger partial charge on any atom is -0.481 e. The number of hydrogen-bond acceptors (Lipinski definition) is 2. The van der Waals surface area contributed by atoms with E-state index in [9.17, 15) is 9.59 Å². The van der Waals surface area contributed by atoms with Crippen LogP contribution >= 0.6 is 0 Å². The molecule has 21 heavy (non-hydrogen) atoms. The van der Waals surface area contributed by atoms with Crippen LogP contribution in [0, 0.1) is 5.92 Å². The Kier molecular flexibility index (Phi) is 6.95. The van der Waals surface area contributed by atoms with E-state index in [0.717, 1.165) is 5.56 Å². The van der Waals surface area contributed by atoms with Crippen molar-refractivity contribution in [2.24, 2.45) is 5.92 Å². The molecule has 0 aromatic heterocycles. The van der Waals surface area contributed by atoms with Gasteiger partial charge in [-0.05, 0) is 37.0 Å². The molecule has 4 heteroatoms. The zero-order valence-electron chi connectivity index (χ0n) is 12.0. The Balaban J connectivity index is 2.61. The lowest BCUT2D eigenvalue weighted by molar-refractivity contribution is -0.137. The third-order valence-electron chi connectivity index (χ3n) is 3.12. The van der Waals surface area contributed by atoms with Crippen LogP contribution in [0.25, 0.3) is 0 Å². The smallest absolute Gasteiger partial charge is 0.303 e. The van der Waals surface area contributed by atoms with Gasteiger partial charge in [0.2, 0.25) is 5.91 Å². The highest BCUT2D eigenvalue weighted by atomic mass is 16.4. The summed E-state index contributed by atoms with van der Waals surface area (Å²) in [5.74, 6) is -1.04. The van der Waals surface area contributed by atoms with E-state index in [4.69, 9.17) is 5.11 Å². The van der Waals surface area contributed by atoms with Gasteiger partial charge < -0.3 is 10.4 Å². The van der Waals surface area contributed by atoms with E-state index in [1.165, 1.54) is 0 Å². The van der Waals surface area contributed by atoms with Crippen molar-refractivity contribution in [3.63, 3.8) is 0 Å². The predicted molar refractivity (Wildman–Crippen MR) is 84.1 cm³/mol. The van der Waals surface area contributed by atoms with E-state index in [2.05, 4.69) is 18.5 Å². The molecule has 0 fully saturated rings. The van der Waals surface area contributed by atoms with Crippen molar-refractivity contribution in [2.45, 2.75) is 25.7 Å². The second kappa shape index (κ2) is 8.74. The van der Waals surface area contributed by atoms with Crippen molar-refractivity contribution in [2.75, 3.05) is 5.32 Å². The highest BCUT2D eigenvalue weighted by Gasteiger charge is 2.15. The van der Waals surface area contributed by atoms with Gasteiger partial charge >= 0.3 is 5.97 Å². The van der Waals surface area contributed by atoms with Crippen LogP contribution in [-0.2, 0) is 16.0 Å². The summed E-state index contributed by atoms with van der Waals surface area (Å²) in [4.78, 5) is 22.6. The zero-order chi connectivity index (χ0) is 15.7. The quantitative estimate of drug-likeness (QED) is 0.684. The molecule has 112 valence electrons. The van der Waals surface area contributed by atoms with Gasteiger partial charge in [-0.25, -0.2) is 0 Å². The van der Waals surface area contributed by atoms with E-state index in [-0.39, 0.29) is 18.2 Å². The lowest BCUT2D eigenvalue weighted by Gasteiger charge is -2.13. The number of rotatable bonds is 9. The number of carboxylic acids is 1. The number of hydrogen-bond donors (Lipinski definition) is 2. The van der Waals surface area contributed by atoms with E-state index < -0.39 is 5.97 Å². The molecular weight excluding hydrogens is 266 g/mol. The summed E-state index contributed by atoms with van der Waals surface area (Å²) in [7, 11) is 0. The van der Waals surface area contributed by atoms with Crippen molar-refractivity contribution in [1.82, 2.24) is 0 Å². The maximum Gasteiger partial charge on any atom is 0.303 e. The standard InChI is InChI=1S/C17H21NO3/c1-3-5-14(6-4-2)17(21)18-15-10-7-13(8-11-15)9-12-16(19)20/h3-4,7-8,10-11,14H,1-2,5-6,9,12H2,(H,18,21)(H,19,20). The van der Waals surface area contributed by atoms with Crippen LogP contribution in [-0.4, -0.2) is 17.0 Å². The van der Waals surface area contributed by atoms with Crippen molar-refractivity contribution in [3.8, 4) is 0 Å². The summed E-state index contributed by atoms with van der Waals surface area (Å²) in [5, 5.41) is 11.5. The Bertz CT molecular complexity index is 495. The van der Waals surface area contributed by atoms with Crippen LogP contribution in [0.2, 0.25) is 0 Å². The van der Waals surface area contributed by atoms with Gasteiger partial charge in [0.15, 0.2) is 0 Å². The summed E-state index contributed by atoms with van der Waals surface area (Å²) in [6.07, 6.45) is 5.25. The molecule has 1 amide bonds. The Morgan fingerprint density at radius 1 is 1.14 bits per heavy atom. The number of amides is 1. The fourth-order valence-electron chi connectivity index (χ4n) is 1.96. The number of aliphatic carboxylic acids is 1. The van der Waals surface area contributed by atoms with Crippen molar-refractivity contribution in [1.29, 1.82) is 0 Å². The number of carbonyl (C=O) groups excluding carboxylic acids is 1. The first kappa shape index (κ1) is 16.7. The van der Waals surface area contributed by atoms with Crippen molar-refractivity contribution >= 4 is 17.6 Å². The molecular formula is C17H21NO3. The molecule has 1 aromatic rings. The van der Waals surface area contributed by atoms with Gasteiger partial charge in [-0.3, -0.25) is 9.59 Å². The highest BCUT2D eigenvalue weighted by Crippen LogP contribution is 2.16. The van der Waals surface area contributed by atoms with Gasteiger partial charge in [-0.15, -0.1) is 13.2 Å². The topological polar surface area (TPSA) is 66.4 Å². The minimum absolute atomic E-state index is 0.0620. The maximum atomic E-state index is 12.1. The molecule has 0 aliphatic carbocycles. The number of carbonyl (C=O) groups is 2. The lowest BCUT2D eigenvalue weighted by Crippen LogP contribution is -2.22. The summed E-state index contributed by atoms with van der Waals surface area (Å²) >= 11 is 0. The first-order chi connectivity index (χ1) is 10.1. The molecule has 0 aliphatic rings. The van der Waals surface area contributed by atoms with E-state index >= 15 is 0 Å². The molecule has 0 spiro atoms. The third kappa shape index (κ3) is 6.08. The normalized spacial score (nSPS) is 10.1. The molecule has 0 aliphatic heterocycles. The summed E-state index contributed by atoms with van der Waals surface area (Å²) in [6.45, 7) is 7.31. The largest absolute Gasteiger partial charge is 0.481 e. The summed E-state index contributed by atoms with van der Waals surface area (Å²) in [5.41, 5.74) is 1.64. The van der Waals surface area contributed by atoms with Crippen LogP contribution in [0.4, 0.5) is 5.69 Å². The second-order valence-electron chi connectivity index (χ2n) is 4.83. The van der Waals surface area contributed by atoms with Crippen LogP contribution in [0.15, 0.2) is 49.6 Å². The van der Waals surface area contributed by atoms with Crippen LogP contribution in [0.3, 0.4) is 0 Å². The summed E-state index contributed by atoms with van der Waals surface area (Å²) < 4.78 is 0. The Hall–Kier alpha value is -2.36. The van der Waals surface area contributed by atoms with E-state index in [1.807, 2.05) is 12.1 Å². The zero-order valence-corrected chi connectivity index (χ0v) is 12.0. The molecule has 0 unspecified atom stereocenters. The second-order valence-corrected chi connectivity index (χ2v) is 4.83. The third-order valence-corrected chi connectivity index (χ3v) is 3.12. The Morgan fingerprint density at radius 3 is 2.19 bits per heavy atom. The van der Waals surface area contributed by atoms with Gasteiger partial charge in [0, 0.05) is 18.0 Å². The predicted octanol–water partition coefficient (Wildman–Crippen LogP) is 3.41. The van der Waals surface area contributed by atoms with Crippen molar-refractivity contribution < 1.29 is 14.7 Å². The molecule has 0 bridgehead atoms. The fourth-order valence-corrected chi connectivity index (χ4v) is 1.96. The molecule has 0 atom stereocenters. The number of allylic oxidation sites excluding steroid dienone is 2. The van der Waals surface area contributed by atoms with Crippen LogP contribution < -0.4 is 5.32 Å². The number of anilines is 1. The lowest BCUT2D eigenvalue weighted by atomic mass is 10.0. The van der Waals surface area contributed by atoms with Gasteiger partial charge in [-0.1, -0.05) is 24.3 Å². The first-order valence-electron chi connectivity index (χ1n) is 6.90. The molecule has 0 saturated carbocycles. The molecule has 0 radical (unpaired) electrons. The maximum absolute atomic E-state index is 12.1. The minimum atomic E-state index is -0.816. The van der Waals surface area contributed by atoms with Crippen molar-refractivity contribution in [3.05, 3.63) is 55.1 Å².